The van der Waals surface area contributed by atoms with Crippen molar-refractivity contribution in [2.24, 2.45) is 0 Å². The summed E-state index contributed by atoms with van der Waals surface area (Å²) >= 11 is 5.60. The van der Waals surface area contributed by atoms with Crippen molar-refractivity contribution in [2.45, 2.75) is 6.54 Å². The lowest BCUT2D eigenvalue weighted by molar-refractivity contribution is -0.0700. The number of nitrogens with zero attached hydrogens (tertiary/aromatic N) is 6. The standard InChI is InChI=1S/C24H17ClF2N6O3/c25-33(36-9-8-34)24(35)22-17(26)11-16(12-18(22)27)20-5-6-21-23(29-20)32(31-30-21)13-14-3-4-19-15(10-14)2-1-7-28-19/h1-7,10-12,34H,8-9,13H2. The van der Waals surface area contributed by atoms with Gasteiger partial charge in [-0.25, -0.2) is 18.4 Å². The number of aliphatic hydroxyl groups excluding tert-OH is 1. The number of rotatable bonds is 7. The van der Waals surface area contributed by atoms with Crippen LogP contribution in [0.2, 0.25) is 0 Å². The van der Waals surface area contributed by atoms with E-state index in [-0.39, 0.29) is 22.4 Å². The third kappa shape index (κ3) is 4.59. The van der Waals surface area contributed by atoms with Gasteiger partial charge in [-0.3, -0.25) is 14.6 Å². The van der Waals surface area contributed by atoms with Crippen LogP contribution in [0.25, 0.3) is 33.3 Å². The highest BCUT2D eigenvalue weighted by Crippen LogP contribution is 2.26. The van der Waals surface area contributed by atoms with Crippen LogP contribution >= 0.6 is 11.8 Å². The Bertz CT molecular complexity index is 1570. The van der Waals surface area contributed by atoms with Crippen molar-refractivity contribution < 1.29 is 23.5 Å². The Balaban J connectivity index is 1.46. The highest BCUT2D eigenvalue weighted by atomic mass is 35.5. The molecule has 182 valence electrons. The molecule has 0 unspecified atom stereocenters. The lowest BCUT2D eigenvalue weighted by Gasteiger charge is -2.14. The zero-order chi connectivity index (χ0) is 25.2. The number of fused-ring (bicyclic) bond motifs is 2. The van der Waals surface area contributed by atoms with Crippen LogP contribution in [0.15, 0.2) is 60.8 Å². The van der Waals surface area contributed by atoms with E-state index in [0.29, 0.717) is 17.7 Å². The fraction of sp³-hybridized carbons (Fsp3) is 0.125. The van der Waals surface area contributed by atoms with Crippen molar-refractivity contribution >= 4 is 39.8 Å². The monoisotopic (exact) mass is 510 g/mol. The van der Waals surface area contributed by atoms with Gasteiger partial charge in [0.15, 0.2) is 5.65 Å². The first-order valence-electron chi connectivity index (χ1n) is 10.7. The Labute approximate surface area is 207 Å². The molecular weight excluding hydrogens is 494 g/mol. The van der Waals surface area contributed by atoms with E-state index in [2.05, 4.69) is 20.3 Å². The first kappa shape index (κ1) is 23.7. The topological polar surface area (TPSA) is 106 Å². The molecule has 3 heterocycles. The van der Waals surface area contributed by atoms with E-state index >= 15 is 0 Å². The lowest BCUT2D eigenvalue weighted by Crippen LogP contribution is -2.25. The van der Waals surface area contributed by atoms with Crippen molar-refractivity contribution in [3.8, 4) is 11.3 Å². The highest BCUT2D eigenvalue weighted by molar-refractivity contribution is 6.23. The minimum absolute atomic E-state index is 0.102. The SMILES string of the molecule is O=C(c1c(F)cc(-c2ccc3nnn(Cc4ccc5ncccc5c4)c3n2)cc1F)N(Cl)OCCO. The van der Waals surface area contributed by atoms with Gasteiger partial charge in [0.05, 0.1) is 31.0 Å². The molecule has 2 aromatic carbocycles. The van der Waals surface area contributed by atoms with Gasteiger partial charge in [-0.05, 0) is 48.0 Å². The molecule has 1 N–H and O–H groups in total. The molecule has 1 amide bonds. The fourth-order valence-corrected chi connectivity index (χ4v) is 3.86. The molecule has 0 radical (unpaired) electrons. The lowest BCUT2D eigenvalue weighted by atomic mass is 10.1. The molecule has 12 heteroatoms. The fourth-order valence-electron chi connectivity index (χ4n) is 3.71. The average Bonchev–Trinajstić information content (AvgIpc) is 3.28. The second-order valence-corrected chi connectivity index (χ2v) is 8.05. The molecule has 0 aliphatic heterocycles. The van der Waals surface area contributed by atoms with Crippen LogP contribution in [0, 0.1) is 11.6 Å². The van der Waals surface area contributed by atoms with Crippen molar-refractivity contribution in [1.29, 1.82) is 0 Å². The molecular formula is C24H17ClF2N6O3. The van der Waals surface area contributed by atoms with E-state index in [1.807, 2.05) is 30.3 Å². The number of pyridine rings is 2. The second kappa shape index (κ2) is 9.90. The second-order valence-electron chi connectivity index (χ2n) is 7.74. The van der Waals surface area contributed by atoms with Crippen molar-refractivity contribution in [1.82, 2.24) is 29.5 Å². The van der Waals surface area contributed by atoms with Crippen LogP contribution in [-0.4, -0.2) is 53.8 Å². The highest BCUT2D eigenvalue weighted by Gasteiger charge is 2.25. The number of carbonyl (C=O) groups is 1. The summed E-state index contributed by atoms with van der Waals surface area (Å²) in [5.74, 6) is -3.54. The summed E-state index contributed by atoms with van der Waals surface area (Å²) in [6.45, 7) is -0.385. The van der Waals surface area contributed by atoms with Crippen molar-refractivity contribution in [3.05, 3.63) is 83.6 Å². The molecule has 0 fully saturated rings. The molecule has 0 bridgehead atoms. The van der Waals surface area contributed by atoms with Crippen LogP contribution in [0.4, 0.5) is 8.78 Å². The number of benzene rings is 2. The third-order valence-corrected chi connectivity index (χ3v) is 5.62. The number of carbonyl (C=O) groups excluding carboxylic acids is 1. The number of aromatic nitrogens is 5. The van der Waals surface area contributed by atoms with E-state index in [1.54, 1.807) is 23.0 Å². The molecule has 5 rings (SSSR count). The molecule has 0 saturated heterocycles. The number of hydrogen-bond acceptors (Lipinski definition) is 7. The molecule has 3 aromatic heterocycles. The average molecular weight is 511 g/mol. The summed E-state index contributed by atoms with van der Waals surface area (Å²) in [6.07, 6.45) is 1.73. The molecule has 0 atom stereocenters. The summed E-state index contributed by atoms with van der Waals surface area (Å²) in [7, 11) is 0. The van der Waals surface area contributed by atoms with Gasteiger partial charge in [0.25, 0.3) is 5.91 Å². The minimum Gasteiger partial charge on any atom is -0.394 e. The molecule has 5 aromatic rings. The normalized spacial score (nSPS) is 11.3. The van der Waals surface area contributed by atoms with Crippen LogP contribution in [0.1, 0.15) is 15.9 Å². The van der Waals surface area contributed by atoms with E-state index < -0.39 is 29.7 Å². The number of amides is 1. The van der Waals surface area contributed by atoms with Gasteiger partial charge in [0.1, 0.15) is 22.7 Å². The van der Waals surface area contributed by atoms with Gasteiger partial charge in [0.2, 0.25) is 0 Å². The predicted octanol–water partition coefficient (Wildman–Crippen LogP) is 3.89. The smallest absolute Gasteiger partial charge is 0.298 e. The van der Waals surface area contributed by atoms with Gasteiger partial charge in [-0.15, -0.1) is 9.68 Å². The maximum Gasteiger partial charge on any atom is 0.298 e. The zero-order valence-corrected chi connectivity index (χ0v) is 19.2. The minimum atomic E-state index is -1.25. The number of hydroxylamine groups is 1. The van der Waals surface area contributed by atoms with E-state index in [1.165, 1.54) is 0 Å². The summed E-state index contributed by atoms with van der Waals surface area (Å²) in [6, 6.07) is 14.8. The largest absolute Gasteiger partial charge is 0.394 e. The van der Waals surface area contributed by atoms with E-state index in [9.17, 15) is 13.6 Å². The van der Waals surface area contributed by atoms with Crippen LogP contribution in [0.3, 0.4) is 0 Å². The Morgan fingerprint density at radius 1 is 1.08 bits per heavy atom. The Kier molecular flexibility index (Phi) is 6.51. The molecule has 0 aliphatic rings. The van der Waals surface area contributed by atoms with E-state index in [4.69, 9.17) is 21.7 Å². The predicted molar refractivity (Wildman–Crippen MR) is 127 cm³/mol. The summed E-state index contributed by atoms with van der Waals surface area (Å²) < 4.78 is 31.3. The quantitative estimate of drug-likeness (QED) is 0.261. The molecule has 0 saturated carbocycles. The first-order chi connectivity index (χ1) is 17.4. The number of aliphatic hydroxyl groups is 1. The maximum absolute atomic E-state index is 14.8. The van der Waals surface area contributed by atoms with Gasteiger partial charge < -0.3 is 5.11 Å². The van der Waals surface area contributed by atoms with Crippen LogP contribution in [0.5, 0.6) is 0 Å². The van der Waals surface area contributed by atoms with Crippen molar-refractivity contribution in [2.75, 3.05) is 13.2 Å². The molecule has 36 heavy (non-hydrogen) atoms. The Morgan fingerprint density at radius 3 is 2.64 bits per heavy atom. The van der Waals surface area contributed by atoms with Crippen LogP contribution < -0.4 is 0 Å². The molecule has 9 nitrogen and oxygen atoms in total. The summed E-state index contributed by atoms with van der Waals surface area (Å²) in [4.78, 5) is 25.8. The van der Waals surface area contributed by atoms with E-state index in [0.717, 1.165) is 28.6 Å². The maximum atomic E-state index is 14.8. The Morgan fingerprint density at radius 2 is 1.86 bits per heavy atom. The Hall–Kier alpha value is -4.06. The van der Waals surface area contributed by atoms with Gasteiger partial charge in [0, 0.05) is 28.9 Å². The molecule has 0 aliphatic carbocycles. The van der Waals surface area contributed by atoms with Crippen LogP contribution in [-0.2, 0) is 11.4 Å². The number of halogens is 3. The van der Waals surface area contributed by atoms with Gasteiger partial charge in [-0.2, -0.15) is 0 Å². The van der Waals surface area contributed by atoms with Gasteiger partial charge >= 0.3 is 0 Å². The number of hydrogen-bond donors (Lipinski definition) is 1. The summed E-state index contributed by atoms with van der Waals surface area (Å²) in [5, 5.41) is 18.0. The van der Waals surface area contributed by atoms with Gasteiger partial charge in [-0.1, -0.05) is 17.3 Å². The first-order valence-corrected chi connectivity index (χ1v) is 11.1. The molecule has 0 spiro atoms. The third-order valence-electron chi connectivity index (χ3n) is 5.37. The zero-order valence-electron chi connectivity index (χ0n) is 18.5. The van der Waals surface area contributed by atoms with Crippen molar-refractivity contribution in [3.63, 3.8) is 0 Å². The summed E-state index contributed by atoms with van der Waals surface area (Å²) in [5.41, 5.74) is 2.20.